The summed E-state index contributed by atoms with van der Waals surface area (Å²) in [6.45, 7) is 6.48. The molecule has 3 rings (SSSR count). The molecule has 1 amide bonds. The fraction of sp³-hybridized carbons (Fsp3) is 0.312. The quantitative estimate of drug-likeness (QED) is 0.902. The van der Waals surface area contributed by atoms with Crippen LogP contribution in [-0.4, -0.2) is 15.9 Å². The second-order valence-electron chi connectivity index (χ2n) is 5.53. The Hall–Kier alpha value is -1.79. The van der Waals surface area contributed by atoms with Crippen LogP contribution < -0.4 is 5.32 Å². The Kier molecular flexibility index (Phi) is 4.22. The first-order valence-corrected chi connectivity index (χ1v) is 8.82. The van der Waals surface area contributed by atoms with E-state index in [9.17, 15) is 4.79 Å². The van der Waals surface area contributed by atoms with E-state index < -0.39 is 0 Å². The molecule has 2 unspecified atom stereocenters. The van der Waals surface area contributed by atoms with E-state index in [1.54, 1.807) is 11.7 Å². The molecule has 2 aromatic heterocycles. The number of nitrogens with one attached hydrogen (secondary N) is 1. The van der Waals surface area contributed by atoms with Crippen molar-refractivity contribution in [2.75, 3.05) is 5.32 Å². The molecule has 0 aliphatic heterocycles. The van der Waals surface area contributed by atoms with Gasteiger partial charge in [0.05, 0.1) is 17.4 Å². The molecule has 0 spiro atoms. The van der Waals surface area contributed by atoms with Crippen molar-refractivity contribution < 1.29 is 4.79 Å². The molecule has 22 heavy (non-hydrogen) atoms. The summed E-state index contributed by atoms with van der Waals surface area (Å²) in [6.07, 6.45) is 6.05. The lowest BCUT2D eigenvalue weighted by molar-refractivity contribution is 0.103. The summed E-state index contributed by atoms with van der Waals surface area (Å²) >= 11 is 2.79. The molecular formula is C16H17N3OS2. The fourth-order valence-electron chi connectivity index (χ4n) is 2.90. The van der Waals surface area contributed by atoms with Gasteiger partial charge in [0, 0.05) is 11.3 Å². The van der Waals surface area contributed by atoms with Gasteiger partial charge >= 0.3 is 0 Å². The van der Waals surface area contributed by atoms with Crippen molar-refractivity contribution >= 4 is 33.7 Å². The highest BCUT2D eigenvalue weighted by molar-refractivity contribution is 7.14. The van der Waals surface area contributed by atoms with Crippen LogP contribution in [0.3, 0.4) is 0 Å². The molecule has 2 atom stereocenters. The highest BCUT2D eigenvalue weighted by Gasteiger charge is 2.25. The zero-order valence-electron chi connectivity index (χ0n) is 12.7. The van der Waals surface area contributed by atoms with Crippen LogP contribution in [-0.2, 0) is 0 Å². The van der Waals surface area contributed by atoms with Crippen LogP contribution in [0.5, 0.6) is 0 Å². The number of carbonyl (C=O) groups excluding carboxylic acids is 1. The largest absolute Gasteiger partial charge is 0.297 e. The number of rotatable bonds is 3. The Morgan fingerprint density at radius 2 is 2.14 bits per heavy atom. The number of nitrogens with zero attached hydrogens (tertiary/aromatic N) is 2. The lowest BCUT2D eigenvalue weighted by Crippen LogP contribution is -2.14. The van der Waals surface area contributed by atoms with Gasteiger partial charge in [-0.3, -0.25) is 15.1 Å². The number of carbonyl (C=O) groups is 1. The molecule has 0 fully saturated rings. The molecule has 114 valence electrons. The SMILES string of the molecule is CC1=CC(C)C(c2csc(NC(=O)c3cncs3)n2)C(C)=C1. The molecule has 0 radical (unpaired) electrons. The molecule has 0 saturated heterocycles. The van der Waals surface area contributed by atoms with Crippen LogP contribution >= 0.6 is 22.7 Å². The van der Waals surface area contributed by atoms with E-state index in [0.29, 0.717) is 15.9 Å². The zero-order valence-corrected chi connectivity index (χ0v) is 14.3. The highest BCUT2D eigenvalue weighted by atomic mass is 32.1. The van der Waals surface area contributed by atoms with E-state index in [1.165, 1.54) is 33.8 Å². The number of amides is 1. The van der Waals surface area contributed by atoms with Gasteiger partial charge in [0.15, 0.2) is 5.13 Å². The van der Waals surface area contributed by atoms with Crippen LogP contribution in [0.2, 0.25) is 0 Å². The second kappa shape index (κ2) is 6.14. The maximum absolute atomic E-state index is 12.0. The molecule has 0 saturated carbocycles. The van der Waals surface area contributed by atoms with Crippen LogP contribution in [0.4, 0.5) is 5.13 Å². The van der Waals surface area contributed by atoms with Crippen molar-refractivity contribution in [3.8, 4) is 0 Å². The molecule has 1 N–H and O–H groups in total. The van der Waals surface area contributed by atoms with Gasteiger partial charge in [0.1, 0.15) is 4.88 Å². The number of hydrogen-bond donors (Lipinski definition) is 1. The Balaban J connectivity index is 1.77. The van der Waals surface area contributed by atoms with Gasteiger partial charge in [-0.2, -0.15) is 0 Å². The highest BCUT2D eigenvalue weighted by Crippen LogP contribution is 2.38. The van der Waals surface area contributed by atoms with E-state index in [2.05, 4.69) is 48.2 Å². The summed E-state index contributed by atoms with van der Waals surface area (Å²) in [7, 11) is 0. The second-order valence-corrected chi connectivity index (χ2v) is 7.28. The number of hydrogen-bond acceptors (Lipinski definition) is 5. The minimum atomic E-state index is -0.150. The van der Waals surface area contributed by atoms with Crippen molar-refractivity contribution in [2.24, 2.45) is 5.92 Å². The van der Waals surface area contributed by atoms with Gasteiger partial charge in [-0.25, -0.2) is 4.98 Å². The number of aromatic nitrogens is 2. The van der Waals surface area contributed by atoms with Crippen molar-refractivity contribution in [3.05, 3.63) is 51.0 Å². The van der Waals surface area contributed by atoms with Gasteiger partial charge in [-0.1, -0.05) is 30.2 Å². The molecule has 2 heterocycles. The molecule has 1 aliphatic rings. The van der Waals surface area contributed by atoms with Crippen LogP contribution in [0.1, 0.15) is 42.1 Å². The van der Waals surface area contributed by atoms with Gasteiger partial charge in [-0.15, -0.1) is 22.7 Å². The Labute approximate surface area is 137 Å². The van der Waals surface area contributed by atoms with Gasteiger partial charge in [-0.05, 0) is 19.8 Å². The number of anilines is 1. The molecule has 4 nitrogen and oxygen atoms in total. The average molecular weight is 331 g/mol. The fourth-order valence-corrected chi connectivity index (χ4v) is 4.15. The van der Waals surface area contributed by atoms with Crippen molar-refractivity contribution in [1.29, 1.82) is 0 Å². The van der Waals surface area contributed by atoms with Gasteiger partial charge in [0.25, 0.3) is 5.91 Å². The molecule has 0 bridgehead atoms. The summed E-state index contributed by atoms with van der Waals surface area (Å²) in [6, 6.07) is 0. The third kappa shape index (κ3) is 3.03. The maximum atomic E-state index is 12.0. The average Bonchev–Trinajstić information content (AvgIpc) is 3.08. The summed E-state index contributed by atoms with van der Waals surface area (Å²) in [5, 5.41) is 5.52. The summed E-state index contributed by atoms with van der Waals surface area (Å²) in [5.41, 5.74) is 5.29. The topological polar surface area (TPSA) is 54.9 Å². The van der Waals surface area contributed by atoms with Crippen molar-refractivity contribution in [2.45, 2.75) is 26.7 Å². The number of thiazole rings is 2. The van der Waals surface area contributed by atoms with Crippen LogP contribution in [0.25, 0.3) is 0 Å². The molecular weight excluding hydrogens is 314 g/mol. The van der Waals surface area contributed by atoms with Crippen molar-refractivity contribution in [1.82, 2.24) is 9.97 Å². The Bertz CT molecular complexity index is 743. The monoisotopic (exact) mass is 331 g/mol. The third-order valence-electron chi connectivity index (χ3n) is 3.71. The molecule has 1 aliphatic carbocycles. The third-order valence-corrected chi connectivity index (χ3v) is 5.26. The van der Waals surface area contributed by atoms with E-state index in [0.717, 1.165) is 5.69 Å². The zero-order chi connectivity index (χ0) is 15.7. The van der Waals surface area contributed by atoms with Crippen molar-refractivity contribution in [3.63, 3.8) is 0 Å². The predicted molar refractivity (Wildman–Crippen MR) is 91.6 cm³/mol. The first-order chi connectivity index (χ1) is 10.5. The van der Waals surface area contributed by atoms with E-state index >= 15 is 0 Å². The standard InChI is InChI=1S/C16H17N3OS2/c1-9-4-10(2)14(11(3)5-9)12-7-21-16(18-12)19-15(20)13-6-17-8-22-13/h4-8,10,14H,1-3H3,(H,18,19,20). The summed E-state index contributed by atoms with van der Waals surface area (Å²) in [4.78, 5) is 21.2. The first kappa shape index (κ1) is 15.1. The van der Waals surface area contributed by atoms with Crippen LogP contribution in [0, 0.1) is 5.92 Å². The number of allylic oxidation sites excluding steroid dienone is 4. The minimum Gasteiger partial charge on any atom is -0.297 e. The predicted octanol–water partition coefficient (Wildman–Crippen LogP) is 4.48. The Morgan fingerprint density at radius 3 is 2.82 bits per heavy atom. The normalized spacial score (nSPS) is 21.2. The van der Waals surface area contributed by atoms with Gasteiger partial charge < -0.3 is 0 Å². The Morgan fingerprint density at radius 1 is 1.32 bits per heavy atom. The smallest absolute Gasteiger partial charge is 0.269 e. The van der Waals surface area contributed by atoms with Crippen LogP contribution in [0.15, 0.2) is 40.4 Å². The maximum Gasteiger partial charge on any atom is 0.269 e. The van der Waals surface area contributed by atoms with E-state index in [-0.39, 0.29) is 11.8 Å². The molecule has 2 aromatic rings. The van der Waals surface area contributed by atoms with Gasteiger partial charge in [0.2, 0.25) is 0 Å². The molecule has 6 heteroatoms. The van der Waals surface area contributed by atoms with E-state index in [4.69, 9.17) is 0 Å². The lowest BCUT2D eigenvalue weighted by Gasteiger charge is -2.25. The molecule has 0 aromatic carbocycles. The summed E-state index contributed by atoms with van der Waals surface area (Å²) < 4.78 is 0. The minimum absolute atomic E-state index is 0.150. The lowest BCUT2D eigenvalue weighted by atomic mass is 9.80. The summed E-state index contributed by atoms with van der Waals surface area (Å²) in [5.74, 6) is 0.550. The van der Waals surface area contributed by atoms with E-state index in [1.807, 2.05) is 5.38 Å². The first-order valence-electron chi connectivity index (χ1n) is 7.06.